The second-order valence-electron chi connectivity index (χ2n) is 6.07. The molecule has 0 saturated carbocycles. The topological polar surface area (TPSA) is 85.3 Å². The summed E-state index contributed by atoms with van der Waals surface area (Å²) in [5.41, 5.74) is 0.659. The van der Waals surface area contributed by atoms with Gasteiger partial charge < -0.3 is 9.47 Å². The number of amidine groups is 1. The van der Waals surface area contributed by atoms with Gasteiger partial charge in [-0.2, -0.15) is 8.42 Å². The van der Waals surface area contributed by atoms with Crippen LogP contribution in [0.4, 0.5) is 0 Å². The van der Waals surface area contributed by atoms with Crippen molar-refractivity contribution in [1.82, 2.24) is 4.90 Å². The highest BCUT2D eigenvalue weighted by atomic mass is 35.5. The number of hydrogen-bond acceptors (Lipinski definition) is 6. The van der Waals surface area contributed by atoms with E-state index < -0.39 is 10.0 Å². The molecule has 2 aromatic carbocycles. The molecular formula is C20H19ClN2O5S2. The molecule has 158 valence electrons. The molecule has 10 heteroatoms. The van der Waals surface area contributed by atoms with Crippen molar-refractivity contribution in [1.29, 1.82) is 0 Å². The molecule has 0 unspecified atom stereocenters. The second kappa shape index (κ2) is 9.11. The number of hydrogen-bond donors (Lipinski definition) is 0. The maximum atomic E-state index is 12.8. The smallest absolute Gasteiger partial charge is 0.284 e. The second-order valence-corrected chi connectivity index (χ2v) is 9.12. The van der Waals surface area contributed by atoms with Gasteiger partial charge in [0.05, 0.1) is 24.0 Å². The fourth-order valence-corrected chi connectivity index (χ4v) is 5.06. The van der Waals surface area contributed by atoms with Crippen LogP contribution in [0, 0.1) is 0 Å². The number of carbonyl (C=O) groups excluding carboxylic acids is 1. The Labute approximate surface area is 184 Å². The van der Waals surface area contributed by atoms with Crippen LogP contribution in [0.25, 0.3) is 6.08 Å². The Morgan fingerprint density at radius 3 is 2.43 bits per heavy atom. The molecule has 0 bridgehead atoms. The number of methoxy groups -OCH3 is 2. The van der Waals surface area contributed by atoms with Crippen molar-refractivity contribution >= 4 is 50.5 Å². The van der Waals surface area contributed by atoms with E-state index in [1.807, 2.05) is 0 Å². The van der Waals surface area contributed by atoms with Gasteiger partial charge in [0.1, 0.15) is 11.5 Å². The molecule has 7 nitrogen and oxygen atoms in total. The van der Waals surface area contributed by atoms with E-state index in [0.717, 1.165) is 11.8 Å². The zero-order valence-corrected chi connectivity index (χ0v) is 18.8. The van der Waals surface area contributed by atoms with Crippen molar-refractivity contribution in [2.75, 3.05) is 20.8 Å². The summed E-state index contributed by atoms with van der Waals surface area (Å²) in [5, 5.41) is 0.511. The zero-order valence-electron chi connectivity index (χ0n) is 16.5. The van der Waals surface area contributed by atoms with Crippen molar-refractivity contribution in [3.63, 3.8) is 0 Å². The predicted molar refractivity (Wildman–Crippen MR) is 119 cm³/mol. The van der Waals surface area contributed by atoms with Gasteiger partial charge in [0.15, 0.2) is 5.17 Å². The number of likely N-dealkylation sites (N-methyl/N-ethyl adjacent to an activating group) is 1. The molecule has 0 aromatic heterocycles. The molecule has 3 rings (SSSR count). The molecule has 0 aliphatic carbocycles. The van der Waals surface area contributed by atoms with Crippen LogP contribution in [0.3, 0.4) is 0 Å². The first-order valence-corrected chi connectivity index (χ1v) is 11.5. The van der Waals surface area contributed by atoms with Crippen molar-refractivity contribution < 1.29 is 22.7 Å². The Bertz CT molecular complexity index is 1130. The van der Waals surface area contributed by atoms with Crippen molar-refractivity contribution in [3.8, 4) is 11.5 Å². The summed E-state index contributed by atoms with van der Waals surface area (Å²) in [6.07, 6.45) is 1.64. The molecule has 1 fully saturated rings. The number of benzene rings is 2. The van der Waals surface area contributed by atoms with E-state index in [1.165, 1.54) is 36.3 Å². The Morgan fingerprint density at radius 1 is 1.13 bits per heavy atom. The summed E-state index contributed by atoms with van der Waals surface area (Å²) in [6.45, 7) is 2.03. The molecule has 1 saturated heterocycles. The molecule has 1 heterocycles. The molecule has 1 amide bonds. The van der Waals surface area contributed by atoms with Crippen molar-refractivity contribution in [3.05, 3.63) is 58.0 Å². The number of thioether (sulfide) groups is 1. The van der Waals surface area contributed by atoms with Crippen LogP contribution in [0.5, 0.6) is 11.5 Å². The Morgan fingerprint density at radius 2 is 1.83 bits per heavy atom. The van der Waals surface area contributed by atoms with Gasteiger partial charge in [0.2, 0.25) is 0 Å². The number of amides is 1. The predicted octanol–water partition coefficient (Wildman–Crippen LogP) is 4.04. The lowest BCUT2D eigenvalue weighted by atomic mass is 10.1. The fourth-order valence-electron chi connectivity index (χ4n) is 2.70. The maximum absolute atomic E-state index is 12.8. The third-order valence-corrected chi connectivity index (χ3v) is 6.90. The van der Waals surface area contributed by atoms with Gasteiger partial charge in [-0.3, -0.25) is 9.69 Å². The molecule has 30 heavy (non-hydrogen) atoms. The SMILES string of the molecule is CCN1C(=O)/C(=C/c2ccc(OC)cc2OC)S/C1=N\S(=O)(=O)c1ccc(Cl)cc1. The van der Waals surface area contributed by atoms with Gasteiger partial charge in [0.25, 0.3) is 15.9 Å². The Hall–Kier alpha value is -2.49. The third-order valence-electron chi connectivity index (χ3n) is 4.24. The van der Waals surface area contributed by atoms with Crippen LogP contribution in [0.15, 0.2) is 56.7 Å². The molecule has 1 aliphatic heterocycles. The molecule has 2 aromatic rings. The monoisotopic (exact) mass is 466 g/mol. The van der Waals surface area contributed by atoms with Crippen LogP contribution in [-0.2, 0) is 14.8 Å². The van der Waals surface area contributed by atoms with E-state index in [-0.39, 0.29) is 22.5 Å². The number of carbonyl (C=O) groups is 1. The highest BCUT2D eigenvalue weighted by Crippen LogP contribution is 2.36. The van der Waals surface area contributed by atoms with Crippen LogP contribution >= 0.6 is 23.4 Å². The van der Waals surface area contributed by atoms with Crippen LogP contribution in [0.2, 0.25) is 5.02 Å². The minimum atomic E-state index is -4.00. The van der Waals surface area contributed by atoms with Gasteiger partial charge in [-0.05, 0) is 61.2 Å². The third kappa shape index (κ3) is 4.63. The highest BCUT2D eigenvalue weighted by molar-refractivity contribution is 8.19. The highest BCUT2D eigenvalue weighted by Gasteiger charge is 2.34. The van der Waals surface area contributed by atoms with Gasteiger partial charge in [-0.1, -0.05) is 11.6 Å². The summed E-state index contributed by atoms with van der Waals surface area (Å²) >= 11 is 6.82. The average Bonchev–Trinajstić information content (AvgIpc) is 3.01. The lowest BCUT2D eigenvalue weighted by molar-refractivity contribution is -0.122. The molecule has 0 spiro atoms. The first-order chi connectivity index (χ1) is 14.3. The summed E-state index contributed by atoms with van der Waals surface area (Å²) < 4.78 is 39.8. The minimum absolute atomic E-state index is 0.00208. The number of sulfonamides is 1. The van der Waals surface area contributed by atoms with E-state index in [0.29, 0.717) is 27.0 Å². The maximum Gasteiger partial charge on any atom is 0.284 e. The lowest BCUT2D eigenvalue weighted by Gasteiger charge is -2.12. The van der Waals surface area contributed by atoms with Crippen LogP contribution in [0.1, 0.15) is 12.5 Å². The van der Waals surface area contributed by atoms with Crippen molar-refractivity contribution in [2.45, 2.75) is 11.8 Å². The standard InChI is InChI=1S/C20H19ClN2O5S2/c1-4-23-19(24)18(11-13-5-8-15(27-2)12-17(13)28-3)29-20(23)22-30(25,26)16-9-6-14(21)7-10-16/h5-12H,4H2,1-3H3/b18-11-,22-20-. The first-order valence-electron chi connectivity index (χ1n) is 8.83. The summed E-state index contributed by atoms with van der Waals surface area (Å²) in [4.78, 5) is 14.5. The van der Waals surface area contributed by atoms with E-state index in [1.54, 1.807) is 38.3 Å². The van der Waals surface area contributed by atoms with E-state index in [4.69, 9.17) is 21.1 Å². The average molecular weight is 467 g/mol. The number of rotatable bonds is 6. The quantitative estimate of drug-likeness (QED) is 0.597. The van der Waals surface area contributed by atoms with Crippen LogP contribution in [-0.4, -0.2) is 45.2 Å². The Balaban J connectivity index is 1.98. The largest absolute Gasteiger partial charge is 0.497 e. The number of nitrogens with zero attached hydrogens (tertiary/aromatic N) is 2. The number of halogens is 1. The summed E-state index contributed by atoms with van der Waals surface area (Å²) in [6, 6.07) is 10.9. The van der Waals surface area contributed by atoms with Gasteiger partial charge in [-0.15, -0.1) is 4.40 Å². The lowest BCUT2D eigenvalue weighted by Crippen LogP contribution is -2.29. The Kier molecular flexibility index (Phi) is 6.74. The minimum Gasteiger partial charge on any atom is -0.497 e. The van der Waals surface area contributed by atoms with Gasteiger partial charge in [-0.25, -0.2) is 0 Å². The van der Waals surface area contributed by atoms with Gasteiger partial charge >= 0.3 is 0 Å². The summed E-state index contributed by atoms with van der Waals surface area (Å²) in [5.74, 6) is 0.814. The van der Waals surface area contributed by atoms with Crippen molar-refractivity contribution in [2.24, 2.45) is 4.40 Å². The van der Waals surface area contributed by atoms with Gasteiger partial charge in [0, 0.05) is 23.2 Å². The van der Waals surface area contributed by atoms with E-state index in [9.17, 15) is 13.2 Å². The molecule has 0 radical (unpaired) electrons. The zero-order chi connectivity index (χ0) is 21.9. The number of ether oxygens (including phenoxy) is 2. The molecular weight excluding hydrogens is 448 g/mol. The fraction of sp³-hybridized carbons (Fsp3) is 0.200. The molecule has 0 atom stereocenters. The molecule has 0 N–H and O–H groups in total. The molecule has 1 aliphatic rings. The summed E-state index contributed by atoms with van der Waals surface area (Å²) in [7, 11) is -0.933. The van der Waals surface area contributed by atoms with E-state index in [2.05, 4.69) is 4.40 Å². The normalized spacial score (nSPS) is 17.1. The van der Waals surface area contributed by atoms with E-state index >= 15 is 0 Å². The van der Waals surface area contributed by atoms with Crippen LogP contribution < -0.4 is 9.47 Å². The first kappa shape index (κ1) is 22.2.